The van der Waals surface area contributed by atoms with Crippen molar-refractivity contribution >= 4 is 11.9 Å². The Bertz CT molecular complexity index is 800. The molecule has 10 nitrogen and oxygen atoms in total. The summed E-state index contributed by atoms with van der Waals surface area (Å²) in [5.74, 6) is -1.51. The number of carbonyl (C=O) groups excluding carboxylic acids is 2. The number of methoxy groups -OCH3 is 1. The summed E-state index contributed by atoms with van der Waals surface area (Å²) in [5, 5.41) is 14.0. The standard InChI is InChI=1S/C22H29NO9/c1-4-28-16(24)11-14(20(26)29-5-2)23-17-18(25)19-15(31-22(17)27-3)12-30-21(32-19)13-9-7-6-8-10-13/h6-11,15,17-19,21-23,25H,4-5,12H2,1-3H3/b14-11-/t15-,17-,18-,19-,21?,22+/m1/s1. The van der Waals surface area contributed by atoms with E-state index in [1.807, 2.05) is 30.3 Å². The topological polar surface area (TPSA) is 122 Å². The third kappa shape index (κ3) is 5.64. The highest BCUT2D eigenvalue weighted by Gasteiger charge is 2.50. The Kier molecular flexibility index (Phi) is 8.60. The van der Waals surface area contributed by atoms with E-state index in [0.29, 0.717) is 0 Å². The average molecular weight is 451 g/mol. The van der Waals surface area contributed by atoms with Crippen LogP contribution in [0.2, 0.25) is 0 Å². The average Bonchev–Trinajstić information content (AvgIpc) is 2.80. The van der Waals surface area contributed by atoms with Gasteiger partial charge >= 0.3 is 11.9 Å². The van der Waals surface area contributed by atoms with Gasteiger partial charge < -0.3 is 38.8 Å². The first-order valence-corrected chi connectivity index (χ1v) is 10.5. The predicted octanol–water partition coefficient (Wildman–Crippen LogP) is 0.801. The van der Waals surface area contributed by atoms with Crippen molar-refractivity contribution in [2.24, 2.45) is 0 Å². The number of carbonyl (C=O) groups is 2. The molecule has 2 fully saturated rings. The van der Waals surface area contributed by atoms with Crippen LogP contribution in [-0.4, -0.2) is 74.6 Å². The molecule has 32 heavy (non-hydrogen) atoms. The summed E-state index contributed by atoms with van der Waals surface area (Å²) in [4.78, 5) is 24.4. The van der Waals surface area contributed by atoms with E-state index in [2.05, 4.69) is 5.32 Å². The second-order valence-corrected chi connectivity index (χ2v) is 7.15. The highest BCUT2D eigenvalue weighted by Crippen LogP contribution is 2.34. The van der Waals surface area contributed by atoms with Gasteiger partial charge in [-0.15, -0.1) is 0 Å². The van der Waals surface area contributed by atoms with Gasteiger partial charge in [0.1, 0.15) is 30.1 Å². The molecule has 2 aliphatic rings. The Morgan fingerprint density at radius 2 is 1.88 bits per heavy atom. The summed E-state index contributed by atoms with van der Waals surface area (Å²) in [6.45, 7) is 3.70. The van der Waals surface area contributed by atoms with Gasteiger partial charge in [0.2, 0.25) is 0 Å². The van der Waals surface area contributed by atoms with Crippen molar-refractivity contribution in [2.75, 3.05) is 26.9 Å². The molecule has 0 aliphatic carbocycles. The van der Waals surface area contributed by atoms with Gasteiger partial charge in [0.15, 0.2) is 12.6 Å². The molecule has 0 bridgehead atoms. The molecule has 0 amide bonds. The number of aliphatic hydroxyl groups is 1. The smallest absolute Gasteiger partial charge is 0.354 e. The van der Waals surface area contributed by atoms with Crippen molar-refractivity contribution in [3.8, 4) is 0 Å². The lowest BCUT2D eigenvalue weighted by Crippen LogP contribution is -2.66. The minimum Gasteiger partial charge on any atom is -0.463 e. The summed E-state index contributed by atoms with van der Waals surface area (Å²) in [7, 11) is 1.41. The quantitative estimate of drug-likeness (QED) is 0.434. The molecule has 0 radical (unpaired) electrons. The third-order valence-electron chi connectivity index (χ3n) is 5.04. The molecule has 0 spiro atoms. The first kappa shape index (κ1) is 24.1. The Morgan fingerprint density at radius 3 is 2.53 bits per heavy atom. The van der Waals surface area contributed by atoms with E-state index >= 15 is 0 Å². The molecule has 2 N–H and O–H groups in total. The third-order valence-corrected chi connectivity index (χ3v) is 5.04. The van der Waals surface area contributed by atoms with E-state index in [4.69, 9.17) is 28.4 Å². The Morgan fingerprint density at radius 1 is 1.16 bits per heavy atom. The maximum atomic E-state index is 12.4. The minimum atomic E-state index is -1.16. The molecule has 0 aromatic heterocycles. The van der Waals surface area contributed by atoms with Crippen LogP contribution in [0.4, 0.5) is 0 Å². The first-order valence-electron chi connectivity index (χ1n) is 10.5. The molecule has 3 rings (SSSR count). The second kappa shape index (κ2) is 11.4. The molecule has 0 saturated carbocycles. The summed E-state index contributed by atoms with van der Waals surface area (Å²) < 4.78 is 33.0. The number of hydrogen-bond donors (Lipinski definition) is 2. The van der Waals surface area contributed by atoms with Crippen LogP contribution in [0, 0.1) is 0 Å². The fourth-order valence-corrected chi connectivity index (χ4v) is 3.58. The number of ether oxygens (including phenoxy) is 6. The summed E-state index contributed by atoms with van der Waals surface area (Å²) in [6, 6.07) is 8.37. The van der Waals surface area contributed by atoms with Crippen molar-refractivity contribution in [2.45, 2.75) is 50.8 Å². The van der Waals surface area contributed by atoms with Gasteiger partial charge in [-0.2, -0.15) is 0 Å². The van der Waals surface area contributed by atoms with E-state index in [1.165, 1.54) is 7.11 Å². The van der Waals surface area contributed by atoms with E-state index < -0.39 is 48.9 Å². The van der Waals surface area contributed by atoms with E-state index in [-0.39, 0.29) is 25.5 Å². The molecule has 176 valence electrons. The second-order valence-electron chi connectivity index (χ2n) is 7.15. The van der Waals surface area contributed by atoms with Gasteiger partial charge in [0.25, 0.3) is 0 Å². The summed E-state index contributed by atoms with van der Waals surface area (Å²) in [5.41, 5.74) is 0.607. The molecule has 2 saturated heterocycles. The van der Waals surface area contributed by atoms with Gasteiger partial charge in [-0.3, -0.25) is 0 Å². The first-order chi connectivity index (χ1) is 15.5. The van der Waals surface area contributed by atoms with Gasteiger partial charge in [-0.25, -0.2) is 9.59 Å². The Hall–Kier alpha value is -2.50. The molecule has 1 unspecified atom stereocenters. The zero-order valence-corrected chi connectivity index (χ0v) is 18.3. The van der Waals surface area contributed by atoms with Crippen molar-refractivity contribution < 1.29 is 43.1 Å². The molecule has 10 heteroatoms. The van der Waals surface area contributed by atoms with Crippen LogP contribution in [0.15, 0.2) is 42.1 Å². The molecule has 6 atom stereocenters. The SMILES string of the molecule is CCOC(=O)/C=C(\N[C@H]1[C@@H](OC)O[C@@H]2COC(c3ccccc3)O[C@H]2[C@@H]1O)C(=O)OCC. The van der Waals surface area contributed by atoms with Crippen molar-refractivity contribution in [1.82, 2.24) is 5.32 Å². The van der Waals surface area contributed by atoms with Gasteiger partial charge in [0.05, 0.1) is 25.9 Å². The van der Waals surface area contributed by atoms with Gasteiger partial charge in [-0.05, 0) is 13.8 Å². The number of aliphatic hydroxyl groups excluding tert-OH is 1. The highest BCUT2D eigenvalue weighted by molar-refractivity contribution is 5.95. The van der Waals surface area contributed by atoms with Crippen LogP contribution >= 0.6 is 0 Å². The Labute approximate surface area is 186 Å². The molecular weight excluding hydrogens is 422 g/mol. The molecule has 2 heterocycles. The van der Waals surface area contributed by atoms with Crippen LogP contribution in [-0.2, 0) is 38.0 Å². The lowest BCUT2D eigenvalue weighted by molar-refractivity contribution is -0.341. The van der Waals surface area contributed by atoms with Gasteiger partial charge in [0, 0.05) is 12.7 Å². The number of hydrogen-bond acceptors (Lipinski definition) is 10. The number of fused-ring (bicyclic) bond motifs is 1. The highest BCUT2D eigenvalue weighted by atomic mass is 16.7. The predicted molar refractivity (Wildman–Crippen MR) is 110 cm³/mol. The lowest BCUT2D eigenvalue weighted by atomic mass is 9.95. The van der Waals surface area contributed by atoms with E-state index in [9.17, 15) is 14.7 Å². The molecule has 2 aliphatic heterocycles. The minimum absolute atomic E-state index is 0.0992. The molecule has 1 aromatic carbocycles. The zero-order chi connectivity index (χ0) is 23.1. The van der Waals surface area contributed by atoms with Crippen LogP contribution in [0.1, 0.15) is 25.7 Å². The van der Waals surface area contributed by atoms with Crippen LogP contribution in [0.3, 0.4) is 0 Å². The number of esters is 2. The lowest BCUT2D eigenvalue weighted by Gasteiger charge is -2.47. The van der Waals surface area contributed by atoms with Crippen molar-refractivity contribution in [3.63, 3.8) is 0 Å². The molecular formula is C22H29NO9. The normalized spacial score (nSPS) is 30.2. The van der Waals surface area contributed by atoms with Crippen LogP contribution < -0.4 is 5.32 Å². The van der Waals surface area contributed by atoms with Crippen LogP contribution in [0.25, 0.3) is 0 Å². The fourth-order valence-electron chi connectivity index (χ4n) is 3.58. The van der Waals surface area contributed by atoms with Crippen LogP contribution in [0.5, 0.6) is 0 Å². The largest absolute Gasteiger partial charge is 0.463 e. The number of nitrogens with one attached hydrogen (secondary N) is 1. The number of benzene rings is 1. The van der Waals surface area contributed by atoms with Crippen molar-refractivity contribution in [1.29, 1.82) is 0 Å². The zero-order valence-electron chi connectivity index (χ0n) is 18.3. The van der Waals surface area contributed by atoms with Crippen molar-refractivity contribution in [3.05, 3.63) is 47.7 Å². The molecule has 1 aromatic rings. The maximum absolute atomic E-state index is 12.4. The monoisotopic (exact) mass is 451 g/mol. The van der Waals surface area contributed by atoms with E-state index in [1.54, 1.807) is 13.8 Å². The van der Waals surface area contributed by atoms with Gasteiger partial charge in [-0.1, -0.05) is 30.3 Å². The fraction of sp³-hybridized carbons (Fsp3) is 0.545. The summed E-state index contributed by atoms with van der Waals surface area (Å²) in [6.07, 6.45) is -3.18. The maximum Gasteiger partial charge on any atom is 0.354 e. The number of rotatable bonds is 8. The Balaban J connectivity index is 1.80. The summed E-state index contributed by atoms with van der Waals surface area (Å²) >= 11 is 0. The van der Waals surface area contributed by atoms with E-state index in [0.717, 1.165) is 11.6 Å².